The van der Waals surface area contributed by atoms with Crippen molar-refractivity contribution in [1.82, 2.24) is 0 Å². The summed E-state index contributed by atoms with van der Waals surface area (Å²) in [7, 11) is 0. The summed E-state index contributed by atoms with van der Waals surface area (Å²) in [5, 5.41) is 33.2. The third-order valence-corrected chi connectivity index (χ3v) is 0.892. The van der Waals surface area contributed by atoms with Crippen molar-refractivity contribution in [2.24, 2.45) is 11.5 Å². The van der Waals surface area contributed by atoms with Crippen molar-refractivity contribution in [1.29, 1.82) is 0 Å². The molecule has 9 heavy (non-hydrogen) atoms. The number of nitrogens with two attached hydrogens (primary N) is 2. The van der Waals surface area contributed by atoms with Crippen molar-refractivity contribution in [3.8, 4) is 0 Å². The Bertz CT molecular complexity index is 96.5. The summed E-state index contributed by atoms with van der Waals surface area (Å²) >= 11 is 0. The molecule has 8 N–H and O–H groups in total. The SMILES string of the molecule is NCC(N)(O)C(O)(O)O. The van der Waals surface area contributed by atoms with Gasteiger partial charge in [0.05, 0.1) is 0 Å². The first-order valence-corrected chi connectivity index (χ1v) is 2.19. The molecule has 0 fully saturated rings. The monoisotopic (exact) mass is 138 g/mol. The number of hydrogen-bond acceptors (Lipinski definition) is 6. The first-order chi connectivity index (χ1) is 3.81. The normalized spacial score (nSPS) is 19.3. The fourth-order valence-electron chi connectivity index (χ4n) is 0.137. The van der Waals surface area contributed by atoms with Crippen LogP contribution in [0.1, 0.15) is 0 Å². The van der Waals surface area contributed by atoms with Crippen molar-refractivity contribution < 1.29 is 20.4 Å². The molecule has 0 spiro atoms. The van der Waals surface area contributed by atoms with Crippen LogP contribution in [0.2, 0.25) is 0 Å². The van der Waals surface area contributed by atoms with E-state index in [4.69, 9.17) is 26.2 Å². The molecule has 0 saturated carbocycles. The second kappa shape index (κ2) is 2.18. The molecule has 0 aromatic carbocycles. The molecule has 0 aromatic heterocycles. The molecule has 1 atom stereocenters. The van der Waals surface area contributed by atoms with E-state index in [9.17, 15) is 0 Å². The largest absolute Gasteiger partial charge is 0.368 e. The fourth-order valence-corrected chi connectivity index (χ4v) is 0.137. The maximum atomic E-state index is 8.56. The van der Waals surface area contributed by atoms with Crippen LogP contribution in [0.15, 0.2) is 0 Å². The Hall–Kier alpha value is -0.240. The topological polar surface area (TPSA) is 133 Å². The summed E-state index contributed by atoms with van der Waals surface area (Å²) in [4.78, 5) is 0. The molecule has 0 bridgehead atoms. The molecule has 1 unspecified atom stereocenters. The van der Waals surface area contributed by atoms with Crippen LogP contribution in [0.4, 0.5) is 0 Å². The highest BCUT2D eigenvalue weighted by Crippen LogP contribution is 2.07. The predicted molar refractivity (Wildman–Crippen MR) is 27.6 cm³/mol. The lowest BCUT2D eigenvalue weighted by molar-refractivity contribution is -0.387. The zero-order valence-corrected chi connectivity index (χ0v) is 4.65. The lowest BCUT2D eigenvalue weighted by Gasteiger charge is -2.29. The van der Waals surface area contributed by atoms with E-state index in [1.807, 2.05) is 0 Å². The van der Waals surface area contributed by atoms with E-state index in [2.05, 4.69) is 5.73 Å². The second-order valence-corrected chi connectivity index (χ2v) is 1.76. The van der Waals surface area contributed by atoms with Gasteiger partial charge < -0.3 is 26.2 Å². The van der Waals surface area contributed by atoms with Gasteiger partial charge in [0.1, 0.15) is 0 Å². The Balaban J connectivity index is 4.14. The van der Waals surface area contributed by atoms with Crippen LogP contribution in [-0.2, 0) is 0 Å². The Morgan fingerprint density at radius 1 is 1.11 bits per heavy atom. The van der Waals surface area contributed by atoms with E-state index in [-0.39, 0.29) is 0 Å². The van der Waals surface area contributed by atoms with E-state index in [0.717, 1.165) is 0 Å². The van der Waals surface area contributed by atoms with Crippen LogP contribution in [0.3, 0.4) is 0 Å². The van der Waals surface area contributed by atoms with E-state index < -0.39 is 18.2 Å². The van der Waals surface area contributed by atoms with E-state index >= 15 is 0 Å². The first-order valence-electron chi connectivity index (χ1n) is 2.19. The lowest BCUT2D eigenvalue weighted by atomic mass is 10.2. The summed E-state index contributed by atoms with van der Waals surface area (Å²) in [6.45, 7) is -0.656. The highest BCUT2D eigenvalue weighted by molar-refractivity contribution is 4.78. The van der Waals surface area contributed by atoms with Crippen LogP contribution < -0.4 is 11.5 Å². The minimum atomic E-state index is -3.35. The van der Waals surface area contributed by atoms with Crippen molar-refractivity contribution >= 4 is 0 Å². The third-order valence-electron chi connectivity index (χ3n) is 0.892. The molecule has 0 amide bonds. The lowest BCUT2D eigenvalue weighted by Crippen LogP contribution is -2.65. The zero-order valence-electron chi connectivity index (χ0n) is 4.65. The van der Waals surface area contributed by atoms with Crippen LogP contribution >= 0.6 is 0 Å². The molecule has 0 radical (unpaired) electrons. The van der Waals surface area contributed by atoms with E-state index in [1.54, 1.807) is 0 Å². The van der Waals surface area contributed by atoms with Gasteiger partial charge in [-0.05, 0) is 0 Å². The van der Waals surface area contributed by atoms with Crippen LogP contribution in [0, 0.1) is 0 Å². The average molecular weight is 138 g/mol. The Labute approximate surface area is 51.3 Å². The van der Waals surface area contributed by atoms with Gasteiger partial charge in [0, 0.05) is 6.54 Å². The van der Waals surface area contributed by atoms with Gasteiger partial charge >= 0.3 is 5.97 Å². The minimum Gasteiger partial charge on any atom is -0.368 e. The third kappa shape index (κ3) is 1.86. The Morgan fingerprint density at radius 2 is 1.44 bits per heavy atom. The van der Waals surface area contributed by atoms with E-state index in [1.165, 1.54) is 0 Å². The van der Waals surface area contributed by atoms with Gasteiger partial charge in [-0.3, -0.25) is 5.73 Å². The Kier molecular flexibility index (Phi) is 2.12. The van der Waals surface area contributed by atoms with Crippen molar-refractivity contribution in [2.75, 3.05) is 6.54 Å². The van der Waals surface area contributed by atoms with Gasteiger partial charge in [-0.25, -0.2) is 0 Å². The van der Waals surface area contributed by atoms with E-state index in [0.29, 0.717) is 0 Å². The van der Waals surface area contributed by atoms with Crippen LogP contribution in [-0.4, -0.2) is 38.7 Å². The summed E-state index contributed by atoms with van der Waals surface area (Å²) < 4.78 is 0. The van der Waals surface area contributed by atoms with Gasteiger partial charge in [-0.2, -0.15) is 0 Å². The maximum Gasteiger partial charge on any atom is 0.321 e. The maximum absolute atomic E-state index is 8.56. The first kappa shape index (κ1) is 8.76. The van der Waals surface area contributed by atoms with Gasteiger partial charge in [0.2, 0.25) is 5.72 Å². The number of rotatable bonds is 2. The van der Waals surface area contributed by atoms with Crippen LogP contribution in [0.25, 0.3) is 0 Å². The molecule has 0 aliphatic carbocycles. The number of aliphatic hydroxyl groups is 4. The standard InChI is InChI=1S/C3H10N2O4/c4-1-2(5,6)3(7,8)9/h6-9H,1,4-5H2. The molecular weight excluding hydrogens is 128 g/mol. The number of hydrogen-bond donors (Lipinski definition) is 6. The zero-order chi connectivity index (χ0) is 7.71. The predicted octanol–water partition coefficient (Wildman–Crippen LogP) is -3.78. The molecule has 0 rings (SSSR count). The van der Waals surface area contributed by atoms with Crippen LogP contribution in [0.5, 0.6) is 0 Å². The van der Waals surface area contributed by atoms with Gasteiger partial charge in [-0.15, -0.1) is 0 Å². The molecule has 0 aliphatic rings. The molecular formula is C3H10N2O4. The molecule has 56 valence electrons. The molecule has 6 nitrogen and oxygen atoms in total. The molecule has 0 aromatic rings. The van der Waals surface area contributed by atoms with Gasteiger partial charge in [0.15, 0.2) is 0 Å². The van der Waals surface area contributed by atoms with Crippen molar-refractivity contribution in [2.45, 2.75) is 11.7 Å². The summed E-state index contributed by atoms with van der Waals surface area (Å²) in [5.41, 5.74) is 6.83. The smallest absolute Gasteiger partial charge is 0.321 e. The second-order valence-electron chi connectivity index (χ2n) is 1.76. The quantitative estimate of drug-likeness (QED) is 0.217. The van der Waals surface area contributed by atoms with Gasteiger partial charge in [-0.1, -0.05) is 0 Å². The molecule has 0 heterocycles. The molecule has 0 saturated heterocycles. The van der Waals surface area contributed by atoms with Crippen molar-refractivity contribution in [3.63, 3.8) is 0 Å². The summed E-state index contributed by atoms with van der Waals surface area (Å²) in [5.74, 6) is -3.35. The fraction of sp³-hybridized carbons (Fsp3) is 1.00. The summed E-state index contributed by atoms with van der Waals surface area (Å²) in [6, 6.07) is 0. The van der Waals surface area contributed by atoms with Gasteiger partial charge in [0.25, 0.3) is 0 Å². The highest BCUT2D eigenvalue weighted by Gasteiger charge is 2.42. The molecule has 0 aliphatic heterocycles. The summed E-state index contributed by atoms with van der Waals surface area (Å²) in [6.07, 6.45) is 0. The highest BCUT2D eigenvalue weighted by atomic mass is 16.7. The van der Waals surface area contributed by atoms with Crippen molar-refractivity contribution in [3.05, 3.63) is 0 Å². The average Bonchev–Trinajstić information content (AvgIpc) is 1.64. The minimum absolute atomic E-state index is 0.656. The Morgan fingerprint density at radius 3 is 1.44 bits per heavy atom. The molecule has 6 heteroatoms.